The highest BCUT2D eigenvalue weighted by atomic mass is 35.5. The van der Waals surface area contributed by atoms with E-state index >= 15 is 0 Å². The van der Waals surface area contributed by atoms with Gasteiger partial charge in [0, 0.05) is 10.6 Å². The maximum Gasteiger partial charge on any atom is 0.341 e. The third kappa shape index (κ3) is 4.83. The average Bonchev–Trinajstić information content (AvgIpc) is 2.54. The molecular weight excluding hydrogens is 328 g/mol. The summed E-state index contributed by atoms with van der Waals surface area (Å²) in [5.41, 5.74) is 0.149. The molecule has 0 aliphatic rings. The first-order valence-corrected chi connectivity index (χ1v) is 7.88. The van der Waals surface area contributed by atoms with Crippen LogP contribution >= 0.6 is 11.6 Å². The van der Waals surface area contributed by atoms with E-state index in [0.29, 0.717) is 10.6 Å². The van der Waals surface area contributed by atoms with Crippen LogP contribution in [-0.2, 0) is 14.3 Å². The number of benzene rings is 2. The molecule has 0 amide bonds. The van der Waals surface area contributed by atoms with Gasteiger partial charge in [-0.15, -0.1) is 0 Å². The highest BCUT2D eigenvalue weighted by Crippen LogP contribution is 2.26. The van der Waals surface area contributed by atoms with Gasteiger partial charge in [-0.2, -0.15) is 0 Å². The fourth-order valence-corrected chi connectivity index (χ4v) is 2.02. The summed E-state index contributed by atoms with van der Waals surface area (Å²) in [6.07, 6.45) is -1.12. The fourth-order valence-electron chi connectivity index (χ4n) is 1.83. The molecule has 0 spiro atoms. The zero-order valence-corrected chi connectivity index (χ0v) is 14.5. The van der Waals surface area contributed by atoms with Crippen molar-refractivity contribution in [3.05, 3.63) is 70.7 Å². The quantitative estimate of drug-likeness (QED) is 0.590. The molecule has 2 aromatic carbocycles. The van der Waals surface area contributed by atoms with Gasteiger partial charge in [-0.3, -0.25) is 4.79 Å². The molecule has 24 heavy (non-hydrogen) atoms. The van der Waals surface area contributed by atoms with E-state index < -0.39 is 23.6 Å². The molecule has 0 aliphatic carbocycles. The minimum atomic E-state index is -1.12. The van der Waals surface area contributed by atoms with Gasteiger partial charge < -0.3 is 9.47 Å². The third-order valence-electron chi connectivity index (χ3n) is 3.17. The van der Waals surface area contributed by atoms with Crippen LogP contribution in [0.15, 0.2) is 54.6 Å². The van der Waals surface area contributed by atoms with Crippen LogP contribution in [0.2, 0.25) is 5.02 Å². The number of ether oxygens (including phenoxy) is 2. The van der Waals surface area contributed by atoms with Crippen LogP contribution in [-0.4, -0.2) is 11.9 Å². The predicted molar refractivity (Wildman–Crippen MR) is 91.6 cm³/mol. The van der Waals surface area contributed by atoms with Gasteiger partial charge in [0.05, 0.1) is 11.0 Å². The second-order valence-corrected chi connectivity index (χ2v) is 6.75. The Morgan fingerprint density at radius 3 is 2.21 bits per heavy atom. The van der Waals surface area contributed by atoms with Gasteiger partial charge in [0.1, 0.15) is 0 Å². The van der Waals surface area contributed by atoms with E-state index in [4.69, 9.17) is 21.1 Å². The van der Waals surface area contributed by atoms with Crippen molar-refractivity contribution in [1.29, 1.82) is 0 Å². The van der Waals surface area contributed by atoms with Crippen molar-refractivity contribution in [2.45, 2.75) is 27.1 Å². The van der Waals surface area contributed by atoms with Gasteiger partial charge in [0.15, 0.2) is 0 Å². The summed E-state index contributed by atoms with van der Waals surface area (Å²) in [5, 5.41) is 0.424. The van der Waals surface area contributed by atoms with E-state index in [0.717, 1.165) is 0 Å². The standard InChI is InChI=1S/C19H19ClO4/c1-19(2,3)18(22)24-17(13-8-5-4-6-9-13)23-16(21)14-10-7-11-15(20)12-14/h4-12,17H,1-3H3/t17-/m1/s1. The summed E-state index contributed by atoms with van der Waals surface area (Å²) >= 11 is 5.89. The van der Waals surface area contributed by atoms with Crippen molar-refractivity contribution in [2.75, 3.05) is 0 Å². The summed E-state index contributed by atoms with van der Waals surface area (Å²) in [6.45, 7) is 5.20. The summed E-state index contributed by atoms with van der Waals surface area (Å²) in [4.78, 5) is 24.5. The van der Waals surface area contributed by atoms with Gasteiger partial charge in [-0.05, 0) is 39.0 Å². The van der Waals surface area contributed by atoms with E-state index in [1.165, 1.54) is 6.07 Å². The highest BCUT2D eigenvalue weighted by molar-refractivity contribution is 6.30. The minimum Gasteiger partial charge on any atom is -0.420 e. The Hall–Kier alpha value is -2.33. The molecule has 0 aromatic heterocycles. The Labute approximate surface area is 146 Å². The van der Waals surface area contributed by atoms with Gasteiger partial charge in [-0.1, -0.05) is 48.0 Å². The molecule has 2 rings (SSSR count). The maximum atomic E-state index is 12.3. The van der Waals surface area contributed by atoms with Crippen LogP contribution in [0.4, 0.5) is 0 Å². The van der Waals surface area contributed by atoms with Crippen molar-refractivity contribution in [1.82, 2.24) is 0 Å². The Kier molecular flexibility index (Phi) is 5.62. The molecule has 0 bridgehead atoms. The van der Waals surface area contributed by atoms with Crippen molar-refractivity contribution < 1.29 is 19.1 Å². The number of hydrogen-bond acceptors (Lipinski definition) is 4. The van der Waals surface area contributed by atoms with Gasteiger partial charge in [-0.25, -0.2) is 4.79 Å². The van der Waals surface area contributed by atoms with Crippen LogP contribution < -0.4 is 0 Å². The molecule has 0 N–H and O–H groups in total. The lowest BCUT2D eigenvalue weighted by molar-refractivity contribution is -0.179. The van der Waals surface area contributed by atoms with Crippen LogP contribution in [0.3, 0.4) is 0 Å². The highest BCUT2D eigenvalue weighted by Gasteiger charge is 2.29. The summed E-state index contributed by atoms with van der Waals surface area (Å²) in [7, 11) is 0. The molecule has 0 saturated carbocycles. The Bertz CT molecular complexity index is 720. The molecular formula is C19H19ClO4. The largest absolute Gasteiger partial charge is 0.420 e. The van der Waals surface area contributed by atoms with E-state index in [1.807, 2.05) is 6.07 Å². The molecule has 4 nitrogen and oxygen atoms in total. The summed E-state index contributed by atoms with van der Waals surface area (Å²) in [6, 6.07) is 15.2. The first-order valence-electron chi connectivity index (χ1n) is 7.50. The lowest BCUT2D eigenvalue weighted by Crippen LogP contribution is -2.27. The molecule has 0 aliphatic heterocycles. The number of carbonyl (C=O) groups is 2. The molecule has 0 fully saturated rings. The Balaban J connectivity index is 2.23. The fraction of sp³-hybridized carbons (Fsp3) is 0.263. The number of rotatable bonds is 4. The number of halogens is 1. The zero-order valence-electron chi connectivity index (χ0n) is 13.8. The Morgan fingerprint density at radius 2 is 1.62 bits per heavy atom. The summed E-state index contributed by atoms with van der Waals surface area (Å²) in [5.74, 6) is -1.08. The lowest BCUT2D eigenvalue weighted by atomic mass is 9.97. The maximum absolute atomic E-state index is 12.3. The normalized spacial score (nSPS) is 12.3. The zero-order chi connectivity index (χ0) is 17.7. The second kappa shape index (κ2) is 7.49. The molecule has 0 saturated heterocycles. The molecule has 5 heteroatoms. The smallest absolute Gasteiger partial charge is 0.341 e. The number of carbonyl (C=O) groups excluding carboxylic acids is 2. The lowest BCUT2D eigenvalue weighted by Gasteiger charge is -2.23. The molecule has 2 aromatic rings. The van der Waals surface area contributed by atoms with Crippen LogP contribution in [0.25, 0.3) is 0 Å². The monoisotopic (exact) mass is 346 g/mol. The van der Waals surface area contributed by atoms with E-state index in [2.05, 4.69) is 0 Å². The van der Waals surface area contributed by atoms with E-state index in [-0.39, 0.29) is 5.56 Å². The molecule has 1 atom stereocenters. The van der Waals surface area contributed by atoms with E-state index in [9.17, 15) is 9.59 Å². The van der Waals surface area contributed by atoms with Gasteiger partial charge >= 0.3 is 11.9 Å². The number of hydrogen-bond donors (Lipinski definition) is 0. The minimum absolute atomic E-state index is 0.287. The third-order valence-corrected chi connectivity index (χ3v) is 3.41. The second-order valence-electron chi connectivity index (χ2n) is 6.31. The van der Waals surface area contributed by atoms with Gasteiger partial charge in [0.25, 0.3) is 6.29 Å². The molecule has 0 unspecified atom stereocenters. The molecule has 0 heterocycles. The van der Waals surface area contributed by atoms with Crippen LogP contribution in [0.5, 0.6) is 0 Å². The first-order chi connectivity index (χ1) is 11.3. The van der Waals surface area contributed by atoms with Crippen molar-refractivity contribution in [3.8, 4) is 0 Å². The van der Waals surface area contributed by atoms with Crippen molar-refractivity contribution >= 4 is 23.5 Å². The van der Waals surface area contributed by atoms with Gasteiger partial charge in [0.2, 0.25) is 0 Å². The average molecular weight is 347 g/mol. The van der Waals surface area contributed by atoms with E-state index in [1.54, 1.807) is 63.2 Å². The van der Waals surface area contributed by atoms with Crippen molar-refractivity contribution in [2.24, 2.45) is 5.41 Å². The Morgan fingerprint density at radius 1 is 0.958 bits per heavy atom. The SMILES string of the molecule is CC(C)(C)C(=O)O[C@@H](OC(=O)c1cccc(Cl)c1)c1ccccc1. The van der Waals surface area contributed by atoms with Crippen molar-refractivity contribution in [3.63, 3.8) is 0 Å². The molecule has 126 valence electrons. The predicted octanol–water partition coefficient (Wildman–Crippen LogP) is 4.78. The van der Waals surface area contributed by atoms with Crippen LogP contribution in [0, 0.1) is 5.41 Å². The topological polar surface area (TPSA) is 52.6 Å². The summed E-state index contributed by atoms with van der Waals surface area (Å²) < 4.78 is 10.8. The number of esters is 2. The van der Waals surface area contributed by atoms with Crippen LogP contribution in [0.1, 0.15) is 43.0 Å². The molecule has 0 radical (unpaired) electrons. The first kappa shape index (κ1) is 18.0.